The molecule has 0 aliphatic carbocycles. The van der Waals surface area contributed by atoms with Crippen LogP contribution in [0.2, 0.25) is 0 Å². The molecule has 0 saturated carbocycles. The molecule has 1 unspecified atom stereocenters. The molecule has 0 aliphatic rings. The predicted molar refractivity (Wildman–Crippen MR) is 81.8 cm³/mol. The average Bonchev–Trinajstić information content (AvgIpc) is 2.32. The molecule has 0 radical (unpaired) electrons. The van der Waals surface area contributed by atoms with Gasteiger partial charge in [-0.3, -0.25) is 4.98 Å². The molecule has 4 heteroatoms. The van der Waals surface area contributed by atoms with E-state index in [1.165, 1.54) is 0 Å². The highest BCUT2D eigenvalue weighted by Crippen LogP contribution is 2.31. The Morgan fingerprint density at radius 1 is 1.28 bits per heavy atom. The summed E-state index contributed by atoms with van der Waals surface area (Å²) in [4.78, 5) is 4.35. The first kappa shape index (κ1) is 13.1. The second kappa shape index (κ2) is 5.14. The van der Waals surface area contributed by atoms with Crippen LogP contribution in [-0.4, -0.2) is 11.0 Å². The van der Waals surface area contributed by atoms with Crippen LogP contribution in [-0.2, 0) is 0 Å². The van der Waals surface area contributed by atoms with Gasteiger partial charge in [0.1, 0.15) is 0 Å². The van der Waals surface area contributed by atoms with E-state index < -0.39 is 0 Å². The summed E-state index contributed by atoms with van der Waals surface area (Å²) in [7, 11) is 0. The van der Waals surface area contributed by atoms with Crippen LogP contribution in [0.15, 0.2) is 28.9 Å². The lowest BCUT2D eigenvalue weighted by Crippen LogP contribution is -2.22. The minimum Gasteiger partial charge on any atom is -0.396 e. The largest absolute Gasteiger partial charge is 0.396 e. The zero-order valence-corrected chi connectivity index (χ0v) is 12.5. The maximum atomic E-state index is 6.04. The topological polar surface area (TPSA) is 50.9 Å². The summed E-state index contributed by atoms with van der Waals surface area (Å²) in [6, 6.07) is 6.39. The molecule has 1 aromatic heterocycles. The summed E-state index contributed by atoms with van der Waals surface area (Å²) >= 11 is 3.49. The van der Waals surface area contributed by atoms with E-state index in [2.05, 4.69) is 47.0 Å². The van der Waals surface area contributed by atoms with Gasteiger partial charge in [-0.25, -0.2) is 0 Å². The van der Waals surface area contributed by atoms with Crippen molar-refractivity contribution in [2.75, 3.05) is 11.1 Å². The van der Waals surface area contributed by atoms with Gasteiger partial charge in [0.15, 0.2) is 0 Å². The summed E-state index contributed by atoms with van der Waals surface area (Å²) in [5, 5.41) is 4.55. The first-order valence-corrected chi connectivity index (χ1v) is 6.88. The molecule has 0 aliphatic heterocycles. The minimum atomic E-state index is 0.358. The Morgan fingerprint density at radius 3 is 2.67 bits per heavy atom. The summed E-state index contributed by atoms with van der Waals surface area (Å²) in [5.74, 6) is 0.541. The Labute approximate surface area is 116 Å². The van der Waals surface area contributed by atoms with Crippen molar-refractivity contribution in [3.05, 3.63) is 28.9 Å². The molecule has 1 aromatic carbocycles. The number of fused-ring (bicyclic) bond motifs is 1. The smallest absolute Gasteiger partial charge is 0.0743 e. The Hall–Kier alpha value is -1.29. The molecular formula is C14H18BrN3. The quantitative estimate of drug-likeness (QED) is 0.900. The number of nitrogens with two attached hydrogens (primary N) is 1. The molecule has 0 spiro atoms. The van der Waals surface area contributed by atoms with Crippen LogP contribution in [0.5, 0.6) is 0 Å². The Morgan fingerprint density at radius 2 is 2.00 bits per heavy atom. The van der Waals surface area contributed by atoms with E-state index in [4.69, 9.17) is 5.73 Å². The van der Waals surface area contributed by atoms with Gasteiger partial charge < -0.3 is 11.1 Å². The van der Waals surface area contributed by atoms with Gasteiger partial charge in [-0.2, -0.15) is 0 Å². The van der Waals surface area contributed by atoms with Crippen molar-refractivity contribution < 1.29 is 0 Å². The number of nitrogens with one attached hydrogen (secondary N) is 1. The van der Waals surface area contributed by atoms with Crippen molar-refractivity contribution in [1.29, 1.82) is 0 Å². The zero-order chi connectivity index (χ0) is 13.3. The molecule has 1 heterocycles. The van der Waals surface area contributed by atoms with E-state index in [9.17, 15) is 0 Å². The molecule has 96 valence electrons. The van der Waals surface area contributed by atoms with Crippen LogP contribution in [0.3, 0.4) is 0 Å². The fraction of sp³-hybridized carbons (Fsp3) is 0.357. The third-order valence-electron chi connectivity index (χ3n) is 3.23. The molecule has 3 N–H and O–H groups in total. The molecule has 2 aromatic rings. The Bertz CT molecular complexity index is 561. The number of aromatic nitrogens is 1. The summed E-state index contributed by atoms with van der Waals surface area (Å²) in [5.41, 5.74) is 8.66. The number of nitrogen functional groups attached to an aromatic ring is 1. The summed E-state index contributed by atoms with van der Waals surface area (Å²) < 4.78 is 1.03. The van der Waals surface area contributed by atoms with E-state index >= 15 is 0 Å². The van der Waals surface area contributed by atoms with Crippen molar-refractivity contribution in [2.24, 2.45) is 5.92 Å². The molecular weight excluding hydrogens is 290 g/mol. The fourth-order valence-corrected chi connectivity index (χ4v) is 2.10. The van der Waals surface area contributed by atoms with Gasteiger partial charge in [0, 0.05) is 15.9 Å². The lowest BCUT2D eigenvalue weighted by Gasteiger charge is -2.21. The highest BCUT2D eigenvalue weighted by molar-refractivity contribution is 9.10. The number of pyridine rings is 1. The number of halogens is 1. The lowest BCUT2D eigenvalue weighted by atomic mass is 10.1. The van der Waals surface area contributed by atoms with Crippen LogP contribution >= 0.6 is 15.9 Å². The van der Waals surface area contributed by atoms with Gasteiger partial charge in [0.2, 0.25) is 0 Å². The van der Waals surface area contributed by atoms with E-state index in [0.29, 0.717) is 17.6 Å². The molecule has 0 fully saturated rings. The highest BCUT2D eigenvalue weighted by atomic mass is 79.9. The van der Waals surface area contributed by atoms with Gasteiger partial charge in [0.05, 0.1) is 23.1 Å². The fourth-order valence-electron chi connectivity index (χ4n) is 1.74. The molecule has 0 saturated heterocycles. The van der Waals surface area contributed by atoms with E-state index in [1.807, 2.05) is 18.2 Å². The molecule has 1 atom stereocenters. The van der Waals surface area contributed by atoms with Gasteiger partial charge in [0.25, 0.3) is 0 Å². The first-order valence-electron chi connectivity index (χ1n) is 6.09. The normalized spacial score (nSPS) is 12.9. The maximum absolute atomic E-state index is 6.04. The molecule has 0 bridgehead atoms. The predicted octanol–water partition coefficient (Wildman–Crippen LogP) is 4.04. The highest BCUT2D eigenvalue weighted by Gasteiger charge is 2.12. The van der Waals surface area contributed by atoms with Crippen LogP contribution in [0.4, 0.5) is 11.4 Å². The summed E-state index contributed by atoms with van der Waals surface area (Å²) in [6.45, 7) is 6.54. The van der Waals surface area contributed by atoms with Crippen LogP contribution in [0, 0.1) is 5.92 Å². The number of hydrogen-bond donors (Lipinski definition) is 2. The Kier molecular flexibility index (Phi) is 3.76. The first-order chi connectivity index (χ1) is 8.49. The minimum absolute atomic E-state index is 0.358. The SMILES string of the molecule is CC(C)C(C)Nc1c(N)cnc2ccc(Br)cc12. The van der Waals surface area contributed by atoms with Crippen molar-refractivity contribution in [2.45, 2.75) is 26.8 Å². The zero-order valence-electron chi connectivity index (χ0n) is 10.9. The third kappa shape index (κ3) is 2.58. The van der Waals surface area contributed by atoms with E-state index in [0.717, 1.165) is 21.1 Å². The molecule has 3 nitrogen and oxygen atoms in total. The third-order valence-corrected chi connectivity index (χ3v) is 3.72. The monoisotopic (exact) mass is 307 g/mol. The number of nitrogens with zero attached hydrogens (tertiary/aromatic N) is 1. The van der Waals surface area contributed by atoms with Gasteiger partial charge in [-0.05, 0) is 31.0 Å². The van der Waals surface area contributed by atoms with Crippen molar-refractivity contribution in [1.82, 2.24) is 4.98 Å². The second-order valence-corrected chi connectivity index (χ2v) is 5.84. The lowest BCUT2D eigenvalue weighted by molar-refractivity contribution is 0.560. The van der Waals surface area contributed by atoms with Crippen LogP contribution in [0.25, 0.3) is 10.9 Å². The molecule has 2 rings (SSSR count). The molecule has 0 amide bonds. The van der Waals surface area contributed by atoms with E-state index in [-0.39, 0.29) is 0 Å². The van der Waals surface area contributed by atoms with Crippen LogP contribution in [0.1, 0.15) is 20.8 Å². The van der Waals surface area contributed by atoms with Crippen molar-refractivity contribution in [3.8, 4) is 0 Å². The Balaban J connectivity index is 2.53. The van der Waals surface area contributed by atoms with Crippen molar-refractivity contribution in [3.63, 3.8) is 0 Å². The number of rotatable bonds is 3. The van der Waals surface area contributed by atoms with Crippen LogP contribution < -0.4 is 11.1 Å². The van der Waals surface area contributed by atoms with E-state index in [1.54, 1.807) is 6.20 Å². The average molecular weight is 308 g/mol. The molecule has 18 heavy (non-hydrogen) atoms. The number of benzene rings is 1. The second-order valence-electron chi connectivity index (χ2n) is 4.93. The van der Waals surface area contributed by atoms with Gasteiger partial charge in [-0.15, -0.1) is 0 Å². The van der Waals surface area contributed by atoms with Gasteiger partial charge in [-0.1, -0.05) is 29.8 Å². The maximum Gasteiger partial charge on any atom is 0.0743 e. The summed E-state index contributed by atoms with van der Waals surface area (Å²) in [6.07, 6.45) is 1.71. The number of anilines is 2. The van der Waals surface area contributed by atoms with Gasteiger partial charge >= 0.3 is 0 Å². The van der Waals surface area contributed by atoms with Crippen molar-refractivity contribution >= 4 is 38.2 Å². The standard InChI is InChI=1S/C14H18BrN3/c1-8(2)9(3)18-14-11-6-10(15)4-5-13(11)17-7-12(14)16/h4-9H,16H2,1-3H3,(H,17,18). The number of hydrogen-bond acceptors (Lipinski definition) is 3.